The van der Waals surface area contributed by atoms with Gasteiger partial charge in [-0.1, -0.05) is 6.92 Å². The van der Waals surface area contributed by atoms with E-state index >= 15 is 0 Å². The van der Waals surface area contributed by atoms with Crippen LogP contribution in [0.5, 0.6) is 0 Å². The highest BCUT2D eigenvalue weighted by Gasteiger charge is 2.65. The number of rotatable bonds is 4. The maximum absolute atomic E-state index is 13.3. The lowest BCUT2D eigenvalue weighted by Gasteiger charge is -2.59. The fraction of sp³-hybridized carbons (Fsp3) is 0.882. The van der Waals surface area contributed by atoms with Crippen LogP contribution in [-0.4, -0.2) is 28.8 Å². The van der Waals surface area contributed by atoms with Crippen molar-refractivity contribution >= 4 is 11.9 Å². The summed E-state index contributed by atoms with van der Waals surface area (Å²) in [6, 6.07) is 0. The van der Waals surface area contributed by atoms with Crippen LogP contribution >= 0.6 is 0 Å². The molecule has 0 saturated heterocycles. The van der Waals surface area contributed by atoms with Gasteiger partial charge in [0.1, 0.15) is 5.60 Å². The van der Waals surface area contributed by atoms with E-state index in [1.807, 2.05) is 0 Å². The van der Waals surface area contributed by atoms with Crippen molar-refractivity contribution in [3.05, 3.63) is 0 Å². The number of carboxylic acid groups (broad SMARTS) is 1. The van der Waals surface area contributed by atoms with E-state index in [1.54, 1.807) is 0 Å². The SMILES string of the molecule is CCC(C)(C(=O)OC12CC3CC(C1)CC(C(=O)O)(C3)C2)C(F)(F)F. The number of halogens is 3. The highest BCUT2D eigenvalue weighted by atomic mass is 19.4. The first-order valence-corrected chi connectivity index (χ1v) is 8.49. The third-order valence-electron chi connectivity index (χ3n) is 6.55. The molecule has 0 aliphatic heterocycles. The zero-order chi connectivity index (χ0) is 18.0. The van der Waals surface area contributed by atoms with Gasteiger partial charge in [0.15, 0.2) is 5.41 Å². The van der Waals surface area contributed by atoms with Crippen LogP contribution < -0.4 is 0 Å². The standard InChI is InChI=1S/C17H23F3O4/c1-3-14(2,17(18,19)20)13(23)24-16-7-10-4-11(8-16)6-15(5-10,9-16)12(21)22/h10-11H,3-9H2,1-2H3,(H,21,22). The first-order chi connectivity index (χ1) is 11.0. The Hall–Kier alpha value is -1.27. The van der Waals surface area contributed by atoms with Crippen LogP contribution in [-0.2, 0) is 14.3 Å². The molecule has 0 aromatic rings. The van der Waals surface area contributed by atoms with Crippen molar-refractivity contribution < 1.29 is 32.6 Å². The number of hydrogen-bond donors (Lipinski definition) is 1. The van der Waals surface area contributed by atoms with Crippen LogP contribution in [0.2, 0.25) is 0 Å². The van der Waals surface area contributed by atoms with Gasteiger partial charge in [-0.25, -0.2) is 0 Å². The normalized spacial score (nSPS) is 40.2. The molecule has 3 unspecified atom stereocenters. The average molecular weight is 348 g/mol. The summed E-state index contributed by atoms with van der Waals surface area (Å²) in [5.41, 5.74) is -4.53. The third-order valence-corrected chi connectivity index (χ3v) is 6.55. The number of carbonyl (C=O) groups excluding carboxylic acids is 1. The smallest absolute Gasteiger partial charge is 0.404 e. The summed E-state index contributed by atoms with van der Waals surface area (Å²) < 4.78 is 45.5. The second-order valence-electron chi connectivity index (χ2n) is 8.30. The number of hydrogen-bond acceptors (Lipinski definition) is 3. The van der Waals surface area contributed by atoms with Gasteiger partial charge in [-0.2, -0.15) is 13.2 Å². The number of alkyl halides is 3. The molecule has 7 heteroatoms. The zero-order valence-electron chi connectivity index (χ0n) is 13.9. The van der Waals surface area contributed by atoms with Gasteiger partial charge in [0, 0.05) is 6.42 Å². The summed E-state index contributed by atoms with van der Waals surface area (Å²) >= 11 is 0. The van der Waals surface area contributed by atoms with Crippen LogP contribution in [0.4, 0.5) is 13.2 Å². The molecule has 4 bridgehead atoms. The lowest BCUT2D eigenvalue weighted by atomic mass is 9.48. The predicted octanol–water partition coefficient (Wildman–Crippen LogP) is 3.93. The number of esters is 1. The first-order valence-electron chi connectivity index (χ1n) is 8.49. The Balaban J connectivity index is 1.87. The number of aliphatic carboxylic acids is 1. The Labute approximate surface area is 138 Å². The molecule has 0 aromatic carbocycles. The van der Waals surface area contributed by atoms with Crippen LogP contribution in [0.1, 0.15) is 58.8 Å². The molecule has 0 heterocycles. The Morgan fingerprint density at radius 2 is 1.71 bits per heavy atom. The molecule has 136 valence electrons. The van der Waals surface area contributed by atoms with E-state index in [1.165, 1.54) is 6.92 Å². The molecule has 0 spiro atoms. The summed E-state index contributed by atoms with van der Waals surface area (Å²) in [5.74, 6) is -1.94. The van der Waals surface area contributed by atoms with E-state index in [-0.39, 0.29) is 18.3 Å². The minimum atomic E-state index is -4.69. The predicted molar refractivity (Wildman–Crippen MR) is 78.0 cm³/mol. The minimum Gasteiger partial charge on any atom is -0.481 e. The summed E-state index contributed by atoms with van der Waals surface area (Å²) in [5, 5.41) is 9.64. The quantitative estimate of drug-likeness (QED) is 0.782. The largest absolute Gasteiger partial charge is 0.481 e. The molecule has 4 aliphatic carbocycles. The molecular formula is C17H23F3O4. The van der Waals surface area contributed by atoms with Gasteiger partial charge < -0.3 is 9.84 Å². The van der Waals surface area contributed by atoms with E-state index < -0.39 is 41.0 Å². The molecular weight excluding hydrogens is 325 g/mol. The summed E-state index contributed by atoms with van der Waals surface area (Å²) in [4.78, 5) is 24.2. The Bertz CT molecular complexity index is 557. The van der Waals surface area contributed by atoms with E-state index in [9.17, 15) is 27.9 Å². The average Bonchev–Trinajstić information content (AvgIpc) is 2.42. The molecule has 4 fully saturated rings. The second kappa shape index (κ2) is 5.11. The summed E-state index contributed by atoms with van der Waals surface area (Å²) in [6.07, 6.45) is -1.99. The second-order valence-corrected chi connectivity index (χ2v) is 8.30. The Morgan fingerprint density at radius 3 is 2.12 bits per heavy atom. The third kappa shape index (κ3) is 2.42. The van der Waals surface area contributed by atoms with Crippen molar-refractivity contribution in [3.63, 3.8) is 0 Å². The van der Waals surface area contributed by atoms with Crippen molar-refractivity contribution in [2.24, 2.45) is 22.7 Å². The van der Waals surface area contributed by atoms with Gasteiger partial charge in [-0.05, 0) is 57.3 Å². The maximum atomic E-state index is 13.3. The monoisotopic (exact) mass is 348 g/mol. The van der Waals surface area contributed by atoms with E-state index in [0.29, 0.717) is 25.7 Å². The highest BCUT2D eigenvalue weighted by Crippen LogP contribution is 2.63. The topological polar surface area (TPSA) is 63.6 Å². The van der Waals surface area contributed by atoms with Gasteiger partial charge in [-0.15, -0.1) is 0 Å². The van der Waals surface area contributed by atoms with Gasteiger partial charge in [0.25, 0.3) is 0 Å². The van der Waals surface area contributed by atoms with Crippen molar-refractivity contribution in [2.75, 3.05) is 0 Å². The highest BCUT2D eigenvalue weighted by molar-refractivity contribution is 5.79. The van der Waals surface area contributed by atoms with E-state index in [2.05, 4.69) is 0 Å². The van der Waals surface area contributed by atoms with Crippen LogP contribution in [0.15, 0.2) is 0 Å². The van der Waals surface area contributed by atoms with Crippen LogP contribution in [0.25, 0.3) is 0 Å². The maximum Gasteiger partial charge on any atom is 0.404 e. The number of carboxylic acids is 1. The molecule has 3 atom stereocenters. The Kier molecular flexibility index (Phi) is 3.74. The molecule has 24 heavy (non-hydrogen) atoms. The lowest BCUT2D eigenvalue weighted by Crippen LogP contribution is -2.61. The minimum absolute atomic E-state index is 0.119. The lowest BCUT2D eigenvalue weighted by molar-refractivity contribution is -0.252. The molecule has 4 rings (SSSR count). The van der Waals surface area contributed by atoms with Gasteiger partial charge in [0.2, 0.25) is 0 Å². The molecule has 0 amide bonds. The van der Waals surface area contributed by atoms with E-state index in [4.69, 9.17) is 4.74 Å². The zero-order valence-corrected chi connectivity index (χ0v) is 13.9. The molecule has 4 aliphatic rings. The summed E-state index contributed by atoms with van der Waals surface area (Å²) in [7, 11) is 0. The molecule has 4 nitrogen and oxygen atoms in total. The fourth-order valence-electron chi connectivity index (χ4n) is 5.32. The van der Waals surface area contributed by atoms with Crippen LogP contribution in [0.3, 0.4) is 0 Å². The van der Waals surface area contributed by atoms with E-state index in [0.717, 1.165) is 13.3 Å². The van der Waals surface area contributed by atoms with Gasteiger partial charge >= 0.3 is 18.1 Å². The van der Waals surface area contributed by atoms with Crippen LogP contribution in [0, 0.1) is 22.7 Å². The summed E-state index contributed by atoms with van der Waals surface area (Å²) in [6.45, 7) is 2.18. The van der Waals surface area contributed by atoms with Crippen molar-refractivity contribution in [1.82, 2.24) is 0 Å². The van der Waals surface area contributed by atoms with Gasteiger partial charge in [-0.3, -0.25) is 9.59 Å². The van der Waals surface area contributed by atoms with Crippen molar-refractivity contribution in [2.45, 2.75) is 70.6 Å². The number of carbonyl (C=O) groups is 2. The molecule has 0 radical (unpaired) electrons. The number of ether oxygens (including phenoxy) is 1. The first kappa shape index (κ1) is 17.5. The van der Waals surface area contributed by atoms with Gasteiger partial charge in [0.05, 0.1) is 5.41 Å². The molecule has 0 aromatic heterocycles. The van der Waals surface area contributed by atoms with Crippen molar-refractivity contribution in [1.29, 1.82) is 0 Å². The van der Waals surface area contributed by atoms with Crippen molar-refractivity contribution in [3.8, 4) is 0 Å². The molecule has 4 saturated carbocycles. The fourth-order valence-corrected chi connectivity index (χ4v) is 5.32. The Morgan fingerprint density at radius 1 is 1.17 bits per heavy atom. The molecule has 1 N–H and O–H groups in total.